The van der Waals surface area contributed by atoms with E-state index in [4.69, 9.17) is 5.73 Å². The van der Waals surface area contributed by atoms with Gasteiger partial charge >= 0.3 is 0 Å². The van der Waals surface area contributed by atoms with Gasteiger partial charge in [-0.1, -0.05) is 30.3 Å². The second-order valence-electron chi connectivity index (χ2n) is 6.09. The van der Waals surface area contributed by atoms with E-state index in [2.05, 4.69) is 42.2 Å². The lowest BCUT2D eigenvalue weighted by molar-refractivity contribution is 0.159. The van der Waals surface area contributed by atoms with E-state index in [9.17, 15) is 0 Å². The van der Waals surface area contributed by atoms with Gasteiger partial charge < -0.3 is 5.73 Å². The molecule has 0 aromatic heterocycles. The zero-order valence-corrected chi connectivity index (χ0v) is 11.3. The molecule has 98 valence electrons. The Balaban J connectivity index is 1.81. The topological polar surface area (TPSA) is 29.3 Å². The van der Waals surface area contributed by atoms with Crippen LogP contribution in [0.25, 0.3) is 0 Å². The van der Waals surface area contributed by atoms with Crippen molar-refractivity contribution in [2.75, 3.05) is 6.54 Å². The third-order valence-corrected chi connectivity index (χ3v) is 4.18. The van der Waals surface area contributed by atoms with E-state index in [1.165, 1.54) is 37.8 Å². The maximum absolute atomic E-state index is 6.29. The SMILES string of the molecule is CC(N)C(c1ccccc1)N(CC1CC1)C1CC1. The molecule has 1 aromatic carbocycles. The Labute approximate surface area is 110 Å². The van der Waals surface area contributed by atoms with E-state index in [0.29, 0.717) is 6.04 Å². The molecule has 2 aliphatic rings. The van der Waals surface area contributed by atoms with Gasteiger partial charge in [-0.2, -0.15) is 0 Å². The third-order valence-electron chi connectivity index (χ3n) is 4.18. The van der Waals surface area contributed by atoms with Gasteiger partial charge in [0.15, 0.2) is 0 Å². The van der Waals surface area contributed by atoms with E-state index in [-0.39, 0.29) is 6.04 Å². The predicted octanol–water partition coefficient (Wildman–Crippen LogP) is 2.95. The second-order valence-corrected chi connectivity index (χ2v) is 6.09. The molecule has 0 radical (unpaired) electrons. The van der Waals surface area contributed by atoms with Crippen molar-refractivity contribution in [1.29, 1.82) is 0 Å². The minimum Gasteiger partial charge on any atom is -0.326 e. The van der Waals surface area contributed by atoms with E-state index in [1.54, 1.807) is 0 Å². The fraction of sp³-hybridized carbons (Fsp3) is 0.625. The highest BCUT2D eigenvalue weighted by atomic mass is 15.2. The molecular weight excluding hydrogens is 220 g/mol. The predicted molar refractivity (Wildman–Crippen MR) is 75.3 cm³/mol. The van der Waals surface area contributed by atoms with Crippen molar-refractivity contribution < 1.29 is 0 Å². The van der Waals surface area contributed by atoms with Crippen LogP contribution in [0.15, 0.2) is 30.3 Å². The molecule has 0 heterocycles. The average molecular weight is 244 g/mol. The largest absolute Gasteiger partial charge is 0.326 e. The summed E-state index contributed by atoms with van der Waals surface area (Å²) < 4.78 is 0. The second kappa shape index (κ2) is 5.02. The summed E-state index contributed by atoms with van der Waals surface area (Å²) in [6, 6.07) is 12.2. The summed E-state index contributed by atoms with van der Waals surface area (Å²) in [5.74, 6) is 0.940. The highest BCUT2D eigenvalue weighted by Crippen LogP contribution is 2.40. The lowest BCUT2D eigenvalue weighted by Crippen LogP contribution is -2.41. The molecular formula is C16H24N2. The molecule has 0 bridgehead atoms. The first kappa shape index (κ1) is 12.2. The molecule has 0 aliphatic heterocycles. The van der Waals surface area contributed by atoms with Crippen LogP contribution in [-0.4, -0.2) is 23.5 Å². The van der Waals surface area contributed by atoms with Crippen molar-refractivity contribution in [3.05, 3.63) is 35.9 Å². The summed E-state index contributed by atoms with van der Waals surface area (Å²) in [5, 5.41) is 0. The molecule has 18 heavy (non-hydrogen) atoms. The Morgan fingerprint density at radius 1 is 1.17 bits per heavy atom. The Morgan fingerprint density at radius 2 is 1.83 bits per heavy atom. The van der Waals surface area contributed by atoms with Crippen molar-refractivity contribution in [3.63, 3.8) is 0 Å². The molecule has 0 saturated heterocycles. The highest BCUT2D eigenvalue weighted by molar-refractivity contribution is 5.21. The number of nitrogens with zero attached hydrogens (tertiary/aromatic N) is 1. The zero-order valence-electron chi connectivity index (χ0n) is 11.3. The van der Waals surface area contributed by atoms with Crippen LogP contribution in [0.2, 0.25) is 0 Å². The van der Waals surface area contributed by atoms with Gasteiger partial charge in [-0.15, -0.1) is 0 Å². The zero-order chi connectivity index (χ0) is 12.5. The number of nitrogens with two attached hydrogens (primary N) is 1. The van der Waals surface area contributed by atoms with Crippen LogP contribution < -0.4 is 5.73 Å². The number of rotatable bonds is 6. The van der Waals surface area contributed by atoms with Crippen LogP contribution in [0.5, 0.6) is 0 Å². The molecule has 2 saturated carbocycles. The molecule has 2 N–H and O–H groups in total. The molecule has 2 aliphatic carbocycles. The number of benzene rings is 1. The molecule has 0 amide bonds. The van der Waals surface area contributed by atoms with Gasteiger partial charge in [0.05, 0.1) is 0 Å². The Hall–Kier alpha value is -0.860. The van der Waals surface area contributed by atoms with Crippen molar-refractivity contribution >= 4 is 0 Å². The summed E-state index contributed by atoms with van der Waals surface area (Å²) >= 11 is 0. The molecule has 2 atom stereocenters. The minimum atomic E-state index is 0.201. The van der Waals surface area contributed by atoms with E-state index in [0.717, 1.165) is 12.0 Å². The maximum atomic E-state index is 6.29. The molecule has 3 rings (SSSR count). The quantitative estimate of drug-likeness (QED) is 0.833. The van der Waals surface area contributed by atoms with Crippen molar-refractivity contribution in [2.45, 2.75) is 50.7 Å². The lowest BCUT2D eigenvalue weighted by Gasteiger charge is -2.35. The van der Waals surface area contributed by atoms with Crippen LogP contribution in [0.1, 0.15) is 44.2 Å². The summed E-state index contributed by atoms with van der Waals surface area (Å²) in [5.41, 5.74) is 7.68. The fourth-order valence-electron chi connectivity index (χ4n) is 2.94. The van der Waals surface area contributed by atoms with Gasteiger partial charge in [-0.05, 0) is 44.1 Å². The van der Waals surface area contributed by atoms with Gasteiger partial charge in [0.2, 0.25) is 0 Å². The normalized spacial score (nSPS) is 23.1. The molecule has 2 heteroatoms. The number of hydrogen-bond acceptors (Lipinski definition) is 2. The number of hydrogen-bond donors (Lipinski definition) is 1. The Bertz CT molecular complexity index is 379. The van der Waals surface area contributed by atoms with E-state index in [1.807, 2.05) is 0 Å². The van der Waals surface area contributed by atoms with Crippen molar-refractivity contribution in [1.82, 2.24) is 4.90 Å². The first-order valence-electron chi connectivity index (χ1n) is 7.32. The van der Waals surface area contributed by atoms with Crippen LogP contribution in [0.4, 0.5) is 0 Å². The van der Waals surface area contributed by atoms with Gasteiger partial charge in [0.25, 0.3) is 0 Å². The minimum absolute atomic E-state index is 0.201. The molecule has 0 spiro atoms. The van der Waals surface area contributed by atoms with Crippen LogP contribution in [0, 0.1) is 5.92 Å². The summed E-state index contributed by atoms with van der Waals surface area (Å²) in [6.07, 6.45) is 5.57. The first-order valence-corrected chi connectivity index (χ1v) is 7.32. The molecule has 1 aromatic rings. The van der Waals surface area contributed by atoms with E-state index < -0.39 is 0 Å². The van der Waals surface area contributed by atoms with Crippen molar-refractivity contribution in [2.24, 2.45) is 11.7 Å². The van der Waals surface area contributed by atoms with Gasteiger partial charge in [-0.3, -0.25) is 4.90 Å². The van der Waals surface area contributed by atoms with Crippen LogP contribution >= 0.6 is 0 Å². The smallest absolute Gasteiger partial charge is 0.0499 e. The lowest BCUT2D eigenvalue weighted by atomic mass is 9.98. The monoisotopic (exact) mass is 244 g/mol. The first-order chi connectivity index (χ1) is 8.75. The summed E-state index contributed by atoms with van der Waals surface area (Å²) in [7, 11) is 0. The average Bonchev–Trinajstić information content (AvgIpc) is 3.23. The van der Waals surface area contributed by atoms with E-state index >= 15 is 0 Å². The Kier molecular flexibility index (Phi) is 3.40. The Morgan fingerprint density at radius 3 is 2.33 bits per heavy atom. The highest BCUT2D eigenvalue weighted by Gasteiger charge is 2.39. The fourth-order valence-corrected chi connectivity index (χ4v) is 2.94. The molecule has 2 fully saturated rings. The molecule has 2 nitrogen and oxygen atoms in total. The van der Waals surface area contributed by atoms with Gasteiger partial charge in [0, 0.05) is 24.7 Å². The van der Waals surface area contributed by atoms with Crippen LogP contribution in [0.3, 0.4) is 0 Å². The standard InChI is InChI=1S/C16H24N2/c1-12(17)16(14-5-3-2-4-6-14)18(15-9-10-15)11-13-7-8-13/h2-6,12-13,15-16H,7-11,17H2,1H3. The van der Waals surface area contributed by atoms with Crippen molar-refractivity contribution in [3.8, 4) is 0 Å². The third kappa shape index (κ3) is 2.76. The van der Waals surface area contributed by atoms with Gasteiger partial charge in [-0.25, -0.2) is 0 Å². The van der Waals surface area contributed by atoms with Crippen LogP contribution in [-0.2, 0) is 0 Å². The maximum Gasteiger partial charge on any atom is 0.0499 e. The summed E-state index contributed by atoms with van der Waals surface area (Å²) in [4.78, 5) is 2.69. The molecule has 2 unspecified atom stereocenters. The van der Waals surface area contributed by atoms with Gasteiger partial charge in [0.1, 0.15) is 0 Å². The summed E-state index contributed by atoms with van der Waals surface area (Å²) in [6.45, 7) is 3.41.